The molecule has 18 heavy (non-hydrogen) atoms. The molecule has 0 fully saturated rings. The minimum atomic E-state index is -0.180. The van der Waals surface area contributed by atoms with Crippen LogP contribution in [0.15, 0.2) is 29.4 Å². The van der Waals surface area contributed by atoms with Gasteiger partial charge in [0, 0.05) is 17.7 Å². The van der Waals surface area contributed by atoms with E-state index in [9.17, 15) is 4.79 Å². The van der Waals surface area contributed by atoms with Crippen LogP contribution in [0.25, 0.3) is 0 Å². The summed E-state index contributed by atoms with van der Waals surface area (Å²) >= 11 is 7.28. The van der Waals surface area contributed by atoms with Crippen LogP contribution in [0.3, 0.4) is 0 Å². The quantitative estimate of drug-likeness (QED) is 0.846. The number of nitrogens with one attached hydrogen (secondary N) is 2. The first-order valence-corrected chi connectivity index (χ1v) is 6.57. The second-order valence-corrected chi connectivity index (χ2v) is 4.94. The average Bonchev–Trinajstić information content (AvgIpc) is 2.75. The summed E-state index contributed by atoms with van der Waals surface area (Å²) in [6, 6.07) is 7.60. The molecule has 0 saturated carbocycles. The number of hydrogen-bond acceptors (Lipinski definition) is 4. The summed E-state index contributed by atoms with van der Waals surface area (Å²) in [5.41, 5.74) is 1.13. The minimum absolute atomic E-state index is 0.180. The molecule has 1 amide bonds. The largest absolute Gasteiger partial charge is 0.295 e. The van der Waals surface area contributed by atoms with E-state index in [0.29, 0.717) is 11.1 Å². The lowest BCUT2D eigenvalue weighted by molar-refractivity contribution is -0.114. The number of halogens is 1. The van der Waals surface area contributed by atoms with Gasteiger partial charge in [-0.15, -0.1) is 5.10 Å². The van der Waals surface area contributed by atoms with Crippen molar-refractivity contribution in [3.8, 4) is 0 Å². The molecule has 2 rings (SSSR count). The summed E-state index contributed by atoms with van der Waals surface area (Å²) in [6.45, 7) is 1.42. The van der Waals surface area contributed by atoms with E-state index in [1.807, 2.05) is 24.3 Å². The third-order valence-electron chi connectivity index (χ3n) is 2.04. The molecule has 0 atom stereocenters. The Morgan fingerprint density at radius 2 is 2.17 bits per heavy atom. The molecule has 0 bridgehead atoms. The molecule has 1 aromatic heterocycles. The first-order chi connectivity index (χ1) is 8.63. The van der Waals surface area contributed by atoms with Gasteiger partial charge < -0.3 is 0 Å². The van der Waals surface area contributed by atoms with Crippen molar-refractivity contribution in [3.05, 3.63) is 34.9 Å². The molecular weight excluding hydrogens is 272 g/mol. The molecule has 1 aromatic carbocycles. The van der Waals surface area contributed by atoms with E-state index in [1.165, 1.54) is 18.7 Å². The van der Waals surface area contributed by atoms with Gasteiger partial charge in [0.05, 0.1) is 0 Å². The fraction of sp³-hybridized carbons (Fsp3) is 0.182. The zero-order chi connectivity index (χ0) is 13.0. The van der Waals surface area contributed by atoms with Crippen LogP contribution in [0.1, 0.15) is 12.5 Å². The standard InChI is InChI=1S/C11H11ClN4OS/c1-7(17)13-10-14-11(16-15-10)18-6-8-2-4-9(12)5-3-8/h2-5H,6H2,1H3,(H2,13,14,15,16,17). The molecule has 5 nitrogen and oxygen atoms in total. The lowest BCUT2D eigenvalue weighted by atomic mass is 10.2. The molecule has 2 N–H and O–H groups in total. The highest BCUT2D eigenvalue weighted by molar-refractivity contribution is 7.98. The van der Waals surface area contributed by atoms with Crippen molar-refractivity contribution in [3.63, 3.8) is 0 Å². The highest BCUT2D eigenvalue weighted by Crippen LogP contribution is 2.20. The Balaban J connectivity index is 1.92. The molecule has 0 aliphatic rings. The molecule has 1 heterocycles. The number of carbonyl (C=O) groups excluding carboxylic acids is 1. The SMILES string of the molecule is CC(=O)Nc1nc(SCc2ccc(Cl)cc2)n[nH]1. The number of thioether (sulfide) groups is 1. The predicted octanol–water partition coefficient (Wildman–Crippen LogP) is 2.71. The van der Waals surface area contributed by atoms with Crippen molar-refractivity contribution in [2.45, 2.75) is 17.8 Å². The predicted molar refractivity (Wildman–Crippen MR) is 71.7 cm³/mol. The van der Waals surface area contributed by atoms with Crippen molar-refractivity contribution in [2.24, 2.45) is 0 Å². The molecule has 7 heteroatoms. The van der Waals surface area contributed by atoms with Gasteiger partial charge in [-0.05, 0) is 17.7 Å². The number of hydrogen-bond donors (Lipinski definition) is 2. The topological polar surface area (TPSA) is 70.7 Å². The Morgan fingerprint density at radius 1 is 1.44 bits per heavy atom. The highest BCUT2D eigenvalue weighted by atomic mass is 35.5. The second kappa shape index (κ2) is 5.88. The summed E-state index contributed by atoms with van der Waals surface area (Å²) < 4.78 is 0. The molecule has 94 valence electrons. The van der Waals surface area contributed by atoms with E-state index in [4.69, 9.17) is 11.6 Å². The fourth-order valence-electron chi connectivity index (χ4n) is 1.26. The van der Waals surface area contributed by atoms with Gasteiger partial charge in [-0.2, -0.15) is 4.98 Å². The van der Waals surface area contributed by atoms with Crippen LogP contribution in [-0.2, 0) is 10.5 Å². The van der Waals surface area contributed by atoms with Gasteiger partial charge in [0.15, 0.2) is 0 Å². The smallest absolute Gasteiger partial charge is 0.226 e. The Morgan fingerprint density at radius 3 is 2.83 bits per heavy atom. The maximum Gasteiger partial charge on any atom is 0.226 e. The zero-order valence-electron chi connectivity index (χ0n) is 9.61. The summed E-state index contributed by atoms with van der Waals surface area (Å²) in [5, 5.41) is 10.5. The van der Waals surface area contributed by atoms with E-state index < -0.39 is 0 Å². The number of nitrogens with zero attached hydrogens (tertiary/aromatic N) is 2. The number of aromatic amines is 1. The van der Waals surface area contributed by atoms with Crippen molar-refractivity contribution < 1.29 is 4.79 Å². The summed E-state index contributed by atoms with van der Waals surface area (Å²) in [4.78, 5) is 14.9. The molecule has 0 spiro atoms. The number of aromatic nitrogens is 3. The van der Waals surface area contributed by atoms with Gasteiger partial charge in [-0.25, -0.2) is 5.10 Å². The minimum Gasteiger partial charge on any atom is -0.295 e. The number of anilines is 1. The van der Waals surface area contributed by atoms with Crippen LogP contribution in [0.4, 0.5) is 5.95 Å². The monoisotopic (exact) mass is 282 g/mol. The number of carbonyl (C=O) groups is 1. The lowest BCUT2D eigenvalue weighted by Gasteiger charge is -1.98. The van der Waals surface area contributed by atoms with E-state index >= 15 is 0 Å². The van der Waals surface area contributed by atoms with Crippen LogP contribution in [0.5, 0.6) is 0 Å². The summed E-state index contributed by atoms with van der Waals surface area (Å²) in [6.07, 6.45) is 0. The zero-order valence-corrected chi connectivity index (χ0v) is 11.2. The van der Waals surface area contributed by atoms with Crippen molar-refractivity contribution in [1.29, 1.82) is 0 Å². The maximum absolute atomic E-state index is 10.8. The molecule has 2 aromatic rings. The van der Waals surface area contributed by atoms with Crippen molar-refractivity contribution >= 4 is 35.2 Å². The van der Waals surface area contributed by atoms with Crippen LogP contribution in [0, 0.1) is 0 Å². The van der Waals surface area contributed by atoms with Crippen molar-refractivity contribution in [2.75, 3.05) is 5.32 Å². The number of rotatable bonds is 4. The fourth-order valence-corrected chi connectivity index (χ4v) is 2.14. The molecular formula is C11H11ClN4OS. The molecule has 0 saturated heterocycles. The molecule has 0 unspecified atom stereocenters. The van der Waals surface area contributed by atoms with E-state index in [1.54, 1.807) is 0 Å². The number of benzene rings is 1. The third kappa shape index (κ3) is 3.75. The normalized spacial score (nSPS) is 10.3. The van der Waals surface area contributed by atoms with Crippen LogP contribution in [0.2, 0.25) is 5.02 Å². The Kier molecular flexibility index (Phi) is 4.22. The Labute approximate surface area is 113 Å². The number of H-pyrrole nitrogens is 1. The Bertz CT molecular complexity index is 540. The lowest BCUT2D eigenvalue weighted by Crippen LogP contribution is -2.06. The Hall–Kier alpha value is -1.53. The van der Waals surface area contributed by atoms with Crippen molar-refractivity contribution in [1.82, 2.24) is 15.2 Å². The van der Waals surface area contributed by atoms with Crippen LogP contribution >= 0.6 is 23.4 Å². The highest BCUT2D eigenvalue weighted by Gasteiger charge is 2.05. The molecule has 0 aliphatic carbocycles. The first-order valence-electron chi connectivity index (χ1n) is 5.21. The van der Waals surface area contributed by atoms with E-state index in [-0.39, 0.29) is 5.91 Å². The van der Waals surface area contributed by atoms with Gasteiger partial charge >= 0.3 is 0 Å². The first kappa shape index (κ1) is 12.9. The van der Waals surface area contributed by atoms with Gasteiger partial charge in [0.2, 0.25) is 17.0 Å². The van der Waals surface area contributed by atoms with Gasteiger partial charge in [0.1, 0.15) is 0 Å². The van der Waals surface area contributed by atoms with Gasteiger partial charge in [-0.3, -0.25) is 10.1 Å². The third-order valence-corrected chi connectivity index (χ3v) is 3.21. The maximum atomic E-state index is 10.8. The molecule has 0 radical (unpaired) electrons. The van der Waals surface area contributed by atoms with E-state index in [0.717, 1.165) is 16.3 Å². The molecule has 0 aliphatic heterocycles. The van der Waals surface area contributed by atoms with Gasteiger partial charge in [-0.1, -0.05) is 35.5 Å². The van der Waals surface area contributed by atoms with Gasteiger partial charge in [0.25, 0.3) is 0 Å². The van der Waals surface area contributed by atoms with Crippen LogP contribution < -0.4 is 5.32 Å². The van der Waals surface area contributed by atoms with E-state index in [2.05, 4.69) is 20.5 Å². The number of amides is 1. The van der Waals surface area contributed by atoms with Crippen LogP contribution in [-0.4, -0.2) is 21.1 Å². The average molecular weight is 283 g/mol. The summed E-state index contributed by atoms with van der Waals surface area (Å²) in [7, 11) is 0. The summed E-state index contributed by atoms with van der Waals surface area (Å²) in [5.74, 6) is 0.927. The second-order valence-electron chi connectivity index (χ2n) is 3.56.